The normalized spacial score (nSPS) is 24.6. The van der Waals surface area contributed by atoms with E-state index in [0.29, 0.717) is 12.0 Å². The summed E-state index contributed by atoms with van der Waals surface area (Å²) in [7, 11) is 1.00. The molecule has 116 valence electrons. The molecule has 1 aliphatic rings. The van der Waals surface area contributed by atoms with E-state index in [1.54, 1.807) is 6.92 Å². The number of aromatic amines is 1. The number of hydrogen-bond donors (Lipinski definition) is 4. The third kappa shape index (κ3) is 3.76. The van der Waals surface area contributed by atoms with E-state index in [0.717, 1.165) is 7.11 Å². The van der Waals surface area contributed by atoms with Crippen molar-refractivity contribution in [2.75, 3.05) is 13.7 Å². The van der Waals surface area contributed by atoms with Crippen molar-refractivity contribution in [1.82, 2.24) is 9.55 Å². The molecule has 0 spiro atoms. The number of nitrogens with one attached hydrogen (secondary N) is 1. The highest BCUT2D eigenvalue weighted by Crippen LogP contribution is 2.25. The number of H-pyrrole nitrogens is 1. The number of aromatic nitrogens is 2. The van der Waals surface area contributed by atoms with Crippen molar-refractivity contribution in [3.8, 4) is 0 Å². The molecule has 1 aromatic heterocycles. The summed E-state index contributed by atoms with van der Waals surface area (Å²) >= 11 is 0. The fourth-order valence-corrected chi connectivity index (χ4v) is 1.94. The first-order valence-corrected chi connectivity index (χ1v) is 5.81. The topological polar surface area (TPSA) is 131 Å². The molecule has 5 N–H and O–H groups in total. The number of aryl methyl sites for hydroxylation is 1. The van der Waals surface area contributed by atoms with E-state index >= 15 is 0 Å². The molecule has 1 saturated heterocycles. The maximum Gasteiger partial charge on any atom is 0.330 e. The van der Waals surface area contributed by atoms with E-state index in [-0.39, 0.29) is 26.2 Å². The van der Waals surface area contributed by atoms with Gasteiger partial charge in [0.2, 0.25) is 0 Å². The summed E-state index contributed by atoms with van der Waals surface area (Å²) in [6.45, 7) is 1.46. The second-order valence-corrected chi connectivity index (χ2v) is 4.21. The zero-order chi connectivity index (χ0) is 14.6. The van der Waals surface area contributed by atoms with Crippen molar-refractivity contribution in [3.63, 3.8) is 0 Å². The van der Waals surface area contributed by atoms with Crippen LogP contribution in [0.5, 0.6) is 0 Å². The van der Waals surface area contributed by atoms with Gasteiger partial charge in [-0.05, 0) is 13.3 Å². The lowest BCUT2D eigenvalue weighted by Gasteiger charge is -2.17. The average molecular weight is 289 g/mol. The second kappa shape index (κ2) is 7.95. The van der Waals surface area contributed by atoms with Crippen LogP contribution in [0.2, 0.25) is 0 Å². The molecule has 3 atom stereocenters. The van der Waals surface area contributed by atoms with Crippen molar-refractivity contribution < 1.29 is 14.9 Å². The Hall–Kier alpha value is -1.48. The molecule has 1 aliphatic heterocycles. The Morgan fingerprint density at radius 2 is 2.10 bits per heavy atom. The van der Waals surface area contributed by atoms with Crippen LogP contribution < -0.4 is 17.0 Å². The maximum absolute atomic E-state index is 11.6. The van der Waals surface area contributed by atoms with E-state index in [1.807, 2.05) is 0 Å². The quantitative estimate of drug-likeness (QED) is 0.535. The van der Waals surface area contributed by atoms with Gasteiger partial charge in [0.1, 0.15) is 0 Å². The summed E-state index contributed by atoms with van der Waals surface area (Å²) in [5, 5.41) is 16.0. The van der Waals surface area contributed by atoms with Crippen LogP contribution in [0.1, 0.15) is 25.6 Å². The highest BCUT2D eigenvalue weighted by molar-refractivity contribution is 5.02. The second-order valence-electron chi connectivity index (χ2n) is 4.21. The standard InChI is InChI=1S/C10H15N3O4.CH4O.CH4/c1-5-3-13(10(16)12-8(5)15)9-7(11)2-6(4-14)17-9;1-2;/h3,6-7,9,14H,2,4,11H2,1H3,(H,12,15,16);2H,1H3;1H4/t6-,7?,9+;;/m0../s1. The molecule has 1 unspecified atom stereocenters. The zero-order valence-corrected chi connectivity index (χ0v) is 10.9. The van der Waals surface area contributed by atoms with Crippen LogP contribution in [0.3, 0.4) is 0 Å². The molecule has 0 bridgehead atoms. The highest BCUT2D eigenvalue weighted by atomic mass is 16.5. The molecule has 20 heavy (non-hydrogen) atoms. The summed E-state index contributed by atoms with van der Waals surface area (Å²) in [6, 6.07) is -0.379. The smallest absolute Gasteiger partial charge is 0.330 e. The monoisotopic (exact) mass is 289 g/mol. The van der Waals surface area contributed by atoms with Gasteiger partial charge in [0.25, 0.3) is 5.56 Å². The third-order valence-corrected chi connectivity index (χ3v) is 2.86. The Labute approximate surface area is 116 Å². The molecule has 8 heteroatoms. The number of rotatable bonds is 2. The summed E-state index contributed by atoms with van der Waals surface area (Å²) in [6.07, 6.45) is 0.890. The summed E-state index contributed by atoms with van der Waals surface area (Å²) < 4.78 is 6.71. The van der Waals surface area contributed by atoms with Gasteiger partial charge in [0.15, 0.2) is 6.23 Å². The third-order valence-electron chi connectivity index (χ3n) is 2.86. The van der Waals surface area contributed by atoms with Crippen LogP contribution >= 0.6 is 0 Å². The van der Waals surface area contributed by atoms with E-state index in [4.69, 9.17) is 20.7 Å². The van der Waals surface area contributed by atoms with Crippen molar-refractivity contribution in [2.24, 2.45) is 5.73 Å². The number of ether oxygens (including phenoxy) is 1. The molecule has 0 radical (unpaired) electrons. The first-order chi connectivity index (χ1) is 9.02. The SMILES string of the molecule is C.CO.Cc1cn([C@@H]2O[C@H](CO)CC2N)c(=O)[nH]c1=O. The maximum atomic E-state index is 11.6. The lowest BCUT2D eigenvalue weighted by molar-refractivity contribution is -0.0280. The number of aliphatic hydroxyl groups is 2. The number of nitrogens with zero attached hydrogens (tertiary/aromatic N) is 1. The summed E-state index contributed by atoms with van der Waals surface area (Å²) in [5.41, 5.74) is 5.28. The summed E-state index contributed by atoms with van der Waals surface area (Å²) in [4.78, 5) is 25.0. The minimum atomic E-state index is -0.643. The molecule has 0 amide bonds. The molecular formula is C12H23N3O5. The minimum Gasteiger partial charge on any atom is -0.400 e. The molecule has 2 rings (SSSR count). The lowest BCUT2D eigenvalue weighted by Crippen LogP contribution is -2.38. The van der Waals surface area contributed by atoms with Gasteiger partial charge in [-0.25, -0.2) is 4.79 Å². The van der Waals surface area contributed by atoms with Gasteiger partial charge in [-0.15, -0.1) is 0 Å². The molecule has 0 aromatic carbocycles. The largest absolute Gasteiger partial charge is 0.400 e. The minimum absolute atomic E-state index is 0. The molecule has 1 fully saturated rings. The van der Waals surface area contributed by atoms with Crippen LogP contribution in [0.4, 0.5) is 0 Å². The lowest BCUT2D eigenvalue weighted by atomic mass is 10.2. The van der Waals surface area contributed by atoms with E-state index in [9.17, 15) is 9.59 Å². The number of nitrogens with two attached hydrogens (primary N) is 1. The van der Waals surface area contributed by atoms with Crippen molar-refractivity contribution in [2.45, 2.75) is 39.1 Å². The molecule has 8 nitrogen and oxygen atoms in total. The molecule has 0 saturated carbocycles. The van der Waals surface area contributed by atoms with E-state index < -0.39 is 17.5 Å². The number of hydrogen-bond acceptors (Lipinski definition) is 6. The molecule has 1 aromatic rings. The zero-order valence-electron chi connectivity index (χ0n) is 10.9. The summed E-state index contributed by atoms with van der Waals surface area (Å²) in [5.74, 6) is 0. The first kappa shape index (κ1) is 18.5. The van der Waals surface area contributed by atoms with Crippen molar-refractivity contribution in [3.05, 3.63) is 32.6 Å². The van der Waals surface area contributed by atoms with Gasteiger partial charge in [-0.2, -0.15) is 0 Å². The first-order valence-electron chi connectivity index (χ1n) is 5.81. The van der Waals surface area contributed by atoms with Crippen LogP contribution in [0, 0.1) is 6.92 Å². The van der Waals surface area contributed by atoms with Gasteiger partial charge in [-0.3, -0.25) is 14.3 Å². The molecule has 2 heterocycles. The van der Waals surface area contributed by atoms with Gasteiger partial charge in [-0.1, -0.05) is 7.43 Å². The van der Waals surface area contributed by atoms with Gasteiger partial charge in [0, 0.05) is 18.9 Å². The number of aliphatic hydroxyl groups excluding tert-OH is 2. The van der Waals surface area contributed by atoms with Crippen molar-refractivity contribution >= 4 is 0 Å². The van der Waals surface area contributed by atoms with Crippen LogP contribution in [0.25, 0.3) is 0 Å². The highest BCUT2D eigenvalue weighted by Gasteiger charge is 2.34. The van der Waals surface area contributed by atoms with Gasteiger partial charge in [0.05, 0.1) is 18.8 Å². The van der Waals surface area contributed by atoms with E-state index in [2.05, 4.69) is 4.98 Å². The van der Waals surface area contributed by atoms with E-state index in [1.165, 1.54) is 10.8 Å². The predicted octanol–water partition coefficient (Wildman–Crippen LogP) is -1.30. The Morgan fingerprint density at radius 1 is 1.50 bits per heavy atom. The van der Waals surface area contributed by atoms with Crippen LogP contribution in [-0.2, 0) is 4.74 Å². The van der Waals surface area contributed by atoms with Crippen LogP contribution in [0.15, 0.2) is 15.8 Å². The average Bonchev–Trinajstić information content (AvgIpc) is 2.77. The molecule has 0 aliphatic carbocycles. The Morgan fingerprint density at radius 3 is 2.60 bits per heavy atom. The fraction of sp³-hybridized carbons (Fsp3) is 0.667. The Balaban J connectivity index is 0.00000115. The Kier molecular flexibility index (Phi) is 7.36. The molecular weight excluding hydrogens is 266 g/mol. The fourth-order valence-electron chi connectivity index (χ4n) is 1.94. The Bertz CT molecular complexity index is 525. The van der Waals surface area contributed by atoms with Crippen LogP contribution in [-0.4, -0.2) is 45.6 Å². The van der Waals surface area contributed by atoms with Gasteiger partial charge < -0.3 is 20.7 Å². The van der Waals surface area contributed by atoms with Gasteiger partial charge >= 0.3 is 5.69 Å². The van der Waals surface area contributed by atoms with Crippen molar-refractivity contribution in [1.29, 1.82) is 0 Å². The predicted molar refractivity (Wildman–Crippen MR) is 74.5 cm³/mol.